The van der Waals surface area contributed by atoms with Crippen molar-refractivity contribution in [2.45, 2.75) is 58.5 Å². The van der Waals surface area contributed by atoms with Gasteiger partial charge < -0.3 is 15.0 Å². The van der Waals surface area contributed by atoms with E-state index >= 15 is 0 Å². The Morgan fingerprint density at radius 2 is 1.82 bits per heavy atom. The number of hydrogen-bond acceptors (Lipinski definition) is 5. The number of nitrogens with zero attached hydrogens (tertiary/aromatic N) is 1. The minimum absolute atomic E-state index is 0.135. The number of amides is 3. The Kier molecular flexibility index (Phi) is 10.9. The molecule has 1 saturated heterocycles. The molecule has 3 rings (SSSR count). The van der Waals surface area contributed by atoms with Gasteiger partial charge in [0.05, 0.1) is 11.8 Å². The van der Waals surface area contributed by atoms with Crippen molar-refractivity contribution in [2.75, 3.05) is 6.54 Å². The minimum Gasteiger partial charge on any atom is -0.457 e. The monoisotopic (exact) mass is 521 g/mol. The summed E-state index contributed by atoms with van der Waals surface area (Å²) in [6.07, 6.45) is 4.41. The SMILES string of the molecule is C=CC[C@H](C(=O)NO)C(CC(C)C)C(=O)N[C@H]1CCCCN(Cc2cccc(Oc3ccccc3)c2)C1=O. The van der Waals surface area contributed by atoms with Gasteiger partial charge in [-0.15, -0.1) is 6.58 Å². The third-order valence-corrected chi connectivity index (χ3v) is 6.76. The summed E-state index contributed by atoms with van der Waals surface area (Å²) in [4.78, 5) is 41.1. The van der Waals surface area contributed by atoms with Crippen molar-refractivity contribution in [3.63, 3.8) is 0 Å². The van der Waals surface area contributed by atoms with Crippen molar-refractivity contribution >= 4 is 17.7 Å². The largest absolute Gasteiger partial charge is 0.457 e. The standard InChI is InChI=1S/C30H39N3O5/c1-4-11-25(29(35)32-37)26(18-21(2)3)28(34)31-27-16-8-9-17-33(30(27)36)20-22-12-10-15-24(19-22)38-23-13-6-5-7-14-23/h4-7,10,12-15,19,21,25-27,37H,1,8-9,11,16-18,20H2,2-3H3,(H,31,34)(H,32,35)/t25-,26?,27-/m0/s1. The van der Waals surface area contributed by atoms with Gasteiger partial charge >= 0.3 is 0 Å². The summed E-state index contributed by atoms with van der Waals surface area (Å²) in [7, 11) is 0. The Labute approximate surface area is 225 Å². The summed E-state index contributed by atoms with van der Waals surface area (Å²) in [6, 6.07) is 16.5. The van der Waals surface area contributed by atoms with Crippen molar-refractivity contribution in [2.24, 2.45) is 17.8 Å². The molecule has 1 heterocycles. The molecule has 3 amide bonds. The fraction of sp³-hybridized carbons (Fsp3) is 0.433. The molecule has 204 valence electrons. The number of likely N-dealkylation sites (tertiary alicyclic amines) is 1. The highest BCUT2D eigenvalue weighted by atomic mass is 16.5. The van der Waals surface area contributed by atoms with E-state index in [4.69, 9.17) is 4.74 Å². The smallest absolute Gasteiger partial charge is 0.247 e. The first-order valence-corrected chi connectivity index (χ1v) is 13.3. The molecule has 1 aliphatic heterocycles. The third kappa shape index (κ3) is 8.18. The van der Waals surface area contributed by atoms with Gasteiger partial charge in [-0.2, -0.15) is 0 Å². The van der Waals surface area contributed by atoms with Gasteiger partial charge in [0, 0.05) is 13.1 Å². The van der Waals surface area contributed by atoms with E-state index in [2.05, 4.69) is 11.9 Å². The zero-order chi connectivity index (χ0) is 27.5. The van der Waals surface area contributed by atoms with E-state index in [0.717, 1.165) is 24.2 Å². The molecule has 2 aromatic rings. The molecule has 1 unspecified atom stereocenters. The van der Waals surface area contributed by atoms with Crippen LogP contribution in [0.3, 0.4) is 0 Å². The van der Waals surface area contributed by atoms with Crippen molar-refractivity contribution in [1.82, 2.24) is 15.7 Å². The number of benzene rings is 2. The van der Waals surface area contributed by atoms with Crippen molar-refractivity contribution in [3.05, 3.63) is 72.8 Å². The second kappa shape index (κ2) is 14.3. The zero-order valence-electron chi connectivity index (χ0n) is 22.3. The number of para-hydroxylation sites is 1. The fourth-order valence-electron chi connectivity index (χ4n) is 4.91. The highest BCUT2D eigenvalue weighted by molar-refractivity contribution is 5.91. The molecule has 0 saturated carbocycles. The molecule has 1 fully saturated rings. The number of rotatable bonds is 12. The molecule has 0 aromatic heterocycles. The van der Waals surface area contributed by atoms with Crippen LogP contribution >= 0.6 is 0 Å². The highest BCUT2D eigenvalue weighted by Gasteiger charge is 2.36. The Morgan fingerprint density at radius 3 is 2.50 bits per heavy atom. The number of carbonyl (C=O) groups is 3. The fourth-order valence-corrected chi connectivity index (χ4v) is 4.91. The van der Waals surface area contributed by atoms with E-state index in [0.29, 0.717) is 31.7 Å². The van der Waals surface area contributed by atoms with Gasteiger partial charge in [-0.25, -0.2) is 5.48 Å². The van der Waals surface area contributed by atoms with Crippen LogP contribution in [0.4, 0.5) is 0 Å². The summed E-state index contributed by atoms with van der Waals surface area (Å²) in [6.45, 7) is 8.63. The van der Waals surface area contributed by atoms with Crippen molar-refractivity contribution in [1.29, 1.82) is 0 Å². The number of hydrogen-bond donors (Lipinski definition) is 3. The molecular formula is C30H39N3O5. The lowest BCUT2D eigenvalue weighted by Gasteiger charge is -2.29. The maximum atomic E-state index is 13.5. The van der Waals surface area contributed by atoms with Crippen LogP contribution < -0.4 is 15.5 Å². The molecule has 3 atom stereocenters. The number of carbonyl (C=O) groups excluding carboxylic acids is 3. The molecule has 2 aromatic carbocycles. The molecule has 3 N–H and O–H groups in total. The van der Waals surface area contributed by atoms with Crippen LogP contribution in [0.15, 0.2) is 67.3 Å². The second-order valence-corrected chi connectivity index (χ2v) is 10.2. The average Bonchev–Trinajstić information content (AvgIpc) is 3.07. The van der Waals surface area contributed by atoms with Gasteiger partial charge in [0.2, 0.25) is 17.7 Å². The molecule has 1 aliphatic rings. The van der Waals surface area contributed by atoms with Crippen LogP contribution in [-0.2, 0) is 20.9 Å². The van der Waals surface area contributed by atoms with Gasteiger partial charge in [-0.1, -0.05) is 50.3 Å². The van der Waals surface area contributed by atoms with E-state index in [1.54, 1.807) is 16.5 Å². The number of allylic oxidation sites excluding steroid dienone is 1. The van der Waals surface area contributed by atoms with E-state index in [-0.39, 0.29) is 24.2 Å². The lowest BCUT2D eigenvalue weighted by molar-refractivity contribution is -0.142. The third-order valence-electron chi connectivity index (χ3n) is 6.76. The van der Waals surface area contributed by atoms with Crippen molar-refractivity contribution < 1.29 is 24.3 Å². The van der Waals surface area contributed by atoms with Gasteiger partial charge in [-0.3, -0.25) is 19.6 Å². The second-order valence-electron chi connectivity index (χ2n) is 10.2. The van der Waals surface area contributed by atoms with E-state index in [9.17, 15) is 19.6 Å². The Hall–Kier alpha value is -3.65. The molecule has 8 heteroatoms. The number of hydroxylamine groups is 1. The first-order valence-electron chi connectivity index (χ1n) is 13.3. The highest BCUT2D eigenvalue weighted by Crippen LogP contribution is 2.27. The van der Waals surface area contributed by atoms with Gasteiger partial charge in [0.1, 0.15) is 17.5 Å². The maximum absolute atomic E-state index is 13.5. The molecule has 0 radical (unpaired) electrons. The number of ether oxygens (including phenoxy) is 1. The van der Waals surface area contributed by atoms with Crippen LogP contribution in [0, 0.1) is 17.8 Å². The Bertz CT molecular complexity index is 1090. The summed E-state index contributed by atoms with van der Waals surface area (Å²) >= 11 is 0. The zero-order valence-corrected chi connectivity index (χ0v) is 22.3. The Morgan fingerprint density at radius 1 is 1.08 bits per heavy atom. The molecule has 8 nitrogen and oxygen atoms in total. The molecule has 0 aliphatic carbocycles. The molecule has 0 spiro atoms. The van der Waals surface area contributed by atoms with Gasteiger partial charge in [0.25, 0.3) is 0 Å². The average molecular weight is 522 g/mol. The quantitative estimate of drug-likeness (QED) is 0.211. The predicted octanol–water partition coefficient (Wildman–Crippen LogP) is 4.84. The predicted molar refractivity (Wildman–Crippen MR) is 145 cm³/mol. The van der Waals surface area contributed by atoms with E-state index < -0.39 is 23.8 Å². The molecule has 0 bridgehead atoms. The van der Waals surface area contributed by atoms with Crippen LogP contribution in [0.5, 0.6) is 11.5 Å². The summed E-state index contributed by atoms with van der Waals surface area (Å²) < 4.78 is 5.94. The summed E-state index contributed by atoms with van der Waals surface area (Å²) in [5.41, 5.74) is 2.62. The topological polar surface area (TPSA) is 108 Å². The minimum atomic E-state index is -0.774. The number of nitrogens with one attached hydrogen (secondary N) is 2. The molecule has 38 heavy (non-hydrogen) atoms. The van der Waals surface area contributed by atoms with E-state index in [1.165, 1.54) is 0 Å². The Balaban J connectivity index is 1.72. The van der Waals surface area contributed by atoms with E-state index in [1.807, 2.05) is 68.4 Å². The first kappa shape index (κ1) is 28.9. The van der Waals surface area contributed by atoms with Crippen LogP contribution in [-0.4, -0.2) is 40.4 Å². The lowest BCUT2D eigenvalue weighted by atomic mass is 9.82. The normalized spacial score (nSPS) is 17.3. The van der Waals surface area contributed by atoms with Crippen LogP contribution in [0.1, 0.15) is 51.5 Å². The van der Waals surface area contributed by atoms with Gasteiger partial charge in [0.15, 0.2) is 0 Å². The van der Waals surface area contributed by atoms with Gasteiger partial charge in [-0.05, 0) is 67.9 Å². The molecular weight excluding hydrogens is 482 g/mol. The first-order chi connectivity index (χ1) is 18.3. The maximum Gasteiger partial charge on any atom is 0.247 e. The van der Waals surface area contributed by atoms with Crippen LogP contribution in [0.2, 0.25) is 0 Å². The lowest BCUT2D eigenvalue weighted by Crippen LogP contribution is -2.51. The summed E-state index contributed by atoms with van der Waals surface area (Å²) in [5, 5.41) is 12.2. The summed E-state index contributed by atoms with van der Waals surface area (Å²) in [5.74, 6) is -1.03. The van der Waals surface area contributed by atoms with Crippen LogP contribution in [0.25, 0.3) is 0 Å². The van der Waals surface area contributed by atoms with Crippen molar-refractivity contribution in [3.8, 4) is 11.5 Å².